The van der Waals surface area contributed by atoms with Crippen LogP contribution < -0.4 is 5.73 Å². The van der Waals surface area contributed by atoms with Crippen LogP contribution in [-0.2, 0) is 19.1 Å². The molecule has 1 atom stereocenters. The molecular formula is C9H17NO4. The van der Waals surface area contributed by atoms with E-state index in [9.17, 15) is 9.59 Å². The van der Waals surface area contributed by atoms with Gasteiger partial charge in [-0.05, 0) is 20.8 Å². The average Bonchev–Trinajstić information content (AvgIpc) is 2.00. The highest BCUT2D eigenvalue weighted by Crippen LogP contribution is 2.08. The highest BCUT2D eigenvalue weighted by atomic mass is 16.6. The van der Waals surface area contributed by atoms with Crippen molar-refractivity contribution in [3.63, 3.8) is 0 Å². The van der Waals surface area contributed by atoms with Crippen molar-refractivity contribution in [2.45, 2.75) is 38.8 Å². The zero-order valence-corrected chi connectivity index (χ0v) is 8.99. The molecule has 5 nitrogen and oxygen atoms in total. The van der Waals surface area contributed by atoms with E-state index in [-0.39, 0.29) is 6.42 Å². The van der Waals surface area contributed by atoms with Crippen LogP contribution >= 0.6 is 0 Å². The van der Waals surface area contributed by atoms with E-state index in [0.717, 1.165) is 0 Å². The molecule has 0 aromatic heterocycles. The standard InChI is InChI=1S/C9H17NO4/c1-9(2,3)14-8(12)6(10)5-7(11)13-4/h6H,5,10H2,1-4H3. The van der Waals surface area contributed by atoms with E-state index >= 15 is 0 Å². The summed E-state index contributed by atoms with van der Waals surface area (Å²) >= 11 is 0. The third-order valence-corrected chi connectivity index (χ3v) is 1.32. The first-order valence-electron chi connectivity index (χ1n) is 4.31. The Labute approximate surface area is 83.5 Å². The van der Waals surface area contributed by atoms with Crippen LogP contribution in [0.1, 0.15) is 27.2 Å². The summed E-state index contributed by atoms with van der Waals surface area (Å²) in [5.74, 6) is -1.12. The second-order valence-corrected chi connectivity index (χ2v) is 3.92. The van der Waals surface area contributed by atoms with Crippen LogP contribution in [0.2, 0.25) is 0 Å². The van der Waals surface area contributed by atoms with Gasteiger partial charge >= 0.3 is 11.9 Å². The molecule has 14 heavy (non-hydrogen) atoms. The topological polar surface area (TPSA) is 78.6 Å². The molecule has 0 saturated carbocycles. The van der Waals surface area contributed by atoms with Gasteiger partial charge in [-0.2, -0.15) is 0 Å². The Hall–Kier alpha value is -1.10. The number of ether oxygens (including phenoxy) is 2. The SMILES string of the molecule is COC(=O)CC(N)C(=O)OC(C)(C)C. The zero-order chi connectivity index (χ0) is 11.4. The minimum Gasteiger partial charge on any atom is -0.469 e. The third-order valence-electron chi connectivity index (χ3n) is 1.32. The van der Waals surface area contributed by atoms with Gasteiger partial charge in [0.05, 0.1) is 13.5 Å². The van der Waals surface area contributed by atoms with Crippen molar-refractivity contribution in [2.24, 2.45) is 5.73 Å². The van der Waals surface area contributed by atoms with E-state index in [4.69, 9.17) is 10.5 Å². The van der Waals surface area contributed by atoms with Crippen molar-refractivity contribution < 1.29 is 19.1 Å². The number of carbonyl (C=O) groups excluding carboxylic acids is 2. The number of hydrogen-bond donors (Lipinski definition) is 1. The molecule has 0 aliphatic carbocycles. The van der Waals surface area contributed by atoms with E-state index in [1.807, 2.05) is 0 Å². The molecule has 5 heteroatoms. The van der Waals surface area contributed by atoms with E-state index in [2.05, 4.69) is 4.74 Å². The molecule has 0 spiro atoms. The Bertz CT molecular complexity index is 219. The summed E-state index contributed by atoms with van der Waals surface area (Å²) in [5, 5.41) is 0. The third kappa shape index (κ3) is 5.53. The van der Waals surface area contributed by atoms with Gasteiger partial charge in [-0.3, -0.25) is 9.59 Å². The molecule has 0 heterocycles. The van der Waals surface area contributed by atoms with Gasteiger partial charge in [-0.25, -0.2) is 0 Å². The largest absolute Gasteiger partial charge is 0.469 e. The fraction of sp³-hybridized carbons (Fsp3) is 0.778. The maximum Gasteiger partial charge on any atom is 0.324 e. The summed E-state index contributed by atoms with van der Waals surface area (Å²) in [6.07, 6.45) is -0.161. The molecule has 82 valence electrons. The second-order valence-electron chi connectivity index (χ2n) is 3.92. The lowest BCUT2D eigenvalue weighted by atomic mass is 10.1. The Kier molecular flexibility index (Phi) is 4.56. The first-order chi connectivity index (χ1) is 6.26. The lowest BCUT2D eigenvalue weighted by Gasteiger charge is -2.21. The van der Waals surface area contributed by atoms with Gasteiger partial charge in [0.15, 0.2) is 0 Å². The molecule has 1 unspecified atom stereocenters. The minimum atomic E-state index is -0.957. The fourth-order valence-corrected chi connectivity index (χ4v) is 0.724. The summed E-state index contributed by atoms with van der Waals surface area (Å²) in [6, 6.07) is -0.957. The molecule has 0 aromatic carbocycles. The Balaban J connectivity index is 4.07. The summed E-state index contributed by atoms with van der Waals surface area (Å²) in [5.41, 5.74) is 4.83. The first kappa shape index (κ1) is 12.9. The maximum absolute atomic E-state index is 11.3. The van der Waals surface area contributed by atoms with Gasteiger partial charge in [0.2, 0.25) is 0 Å². The predicted octanol–water partition coefficient (Wildman–Crippen LogP) is 0.218. The van der Waals surface area contributed by atoms with Crippen molar-refractivity contribution in [2.75, 3.05) is 7.11 Å². The molecular weight excluding hydrogens is 186 g/mol. The monoisotopic (exact) mass is 203 g/mol. The number of carbonyl (C=O) groups is 2. The van der Waals surface area contributed by atoms with Gasteiger partial charge in [0.25, 0.3) is 0 Å². The van der Waals surface area contributed by atoms with Crippen molar-refractivity contribution in [3.05, 3.63) is 0 Å². The van der Waals surface area contributed by atoms with Gasteiger partial charge in [-0.15, -0.1) is 0 Å². The molecule has 2 N–H and O–H groups in total. The predicted molar refractivity (Wildman–Crippen MR) is 50.5 cm³/mol. The molecule has 0 aliphatic rings. The van der Waals surface area contributed by atoms with Gasteiger partial charge in [0.1, 0.15) is 11.6 Å². The zero-order valence-electron chi connectivity index (χ0n) is 8.99. The number of hydrogen-bond acceptors (Lipinski definition) is 5. The van der Waals surface area contributed by atoms with Crippen molar-refractivity contribution >= 4 is 11.9 Å². The normalized spacial score (nSPS) is 13.2. The molecule has 0 rings (SSSR count). The summed E-state index contributed by atoms with van der Waals surface area (Å²) in [4.78, 5) is 22.0. The van der Waals surface area contributed by atoms with E-state index in [0.29, 0.717) is 0 Å². The van der Waals surface area contributed by atoms with E-state index < -0.39 is 23.6 Å². The fourth-order valence-electron chi connectivity index (χ4n) is 0.724. The van der Waals surface area contributed by atoms with Gasteiger partial charge in [0, 0.05) is 0 Å². The highest BCUT2D eigenvalue weighted by molar-refractivity contribution is 5.82. The number of esters is 2. The van der Waals surface area contributed by atoms with Crippen LogP contribution in [0.3, 0.4) is 0 Å². The van der Waals surface area contributed by atoms with Gasteiger partial charge < -0.3 is 15.2 Å². The smallest absolute Gasteiger partial charge is 0.324 e. The molecule has 0 amide bonds. The summed E-state index contributed by atoms with van der Waals surface area (Å²) < 4.78 is 9.35. The lowest BCUT2D eigenvalue weighted by molar-refractivity contribution is -0.159. The minimum absolute atomic E-state index is 0.161. The molecule has 0 fully saturated rings. The van der Waals surface area contributed by atoms with Crippen LogP contribution in [0.25, 0.3) is 0 Å². The van der Waals surface area contributed by atoms with Crippen LogP contribution in [0.5, 0.6) is 0 Å². The van der Waals surface area contributed by atoms with Crippen molar-refractivity contribution in [3.8, 4) is 0 Å². The number of rotatable bonds is 3. The molecule has 0 aromatic rings. The van der Waals surface area contributed by atoms with Crippen LogP contribution in [0, 0.1) is 0 Å². The number of nitrogens with two attached hydrogens (primary N) is 1. The average molecular weight is 203 g/mol. The van der Waals surface area contributed by atoms with Crippen molar-refractivity contribution in [1.29, 1.82) is 0 Å². The summed E-state index contributed by atoms with van der Waals surface area (Å²) in [6.45, 7) is 5.20. The second kappa shape index (κ2) is 4.95. The van der Waals surface area contributed by atoms with Crippen LogP contribution in [0.4, 0.5) is 0 Å². The molecule has 0 aliphatic heterocycles. The van der Waals surface area contributed by atoms with E-state index in [1.54, 1.807) is 20.8 Å². The first-order valence-corrected chi connectivity index (χ1v) is 4.31. The Morgan fingerprint density at radius 1 is 1.36 bits per heavy atom. The van der Waals surface area contributed by atoms with E-state index in [1.165, 1.54) is 7.11 Å². The lowest BCUT2D eigenvalue weighted by Crippen LogP contribution is -2.39. The van der Waals surface area contributed by atoms with Crippen molar-refractivity contribution in [1.82, 2.24) is 0 Å². The quantitative estimate of drug-likeness (QED) is 0.664. The Morgan fingerprint density at radius 3 is 2.21 bits per heavy atom. The Morgan fingerprint density at radius 2 is 1.86 bits per heavy atom. The number of methoxy groups -OCH3 is 1. The maximum atomic E-state index is 11.3. The molecule has 0 saturated heterocycles. The highest BCUT2D eigenvalue weighted by Gasteiger charge is 2.24. The summed E-state index contributed by atoms with van der Waals surface area (Å²) in [7, 11) is 1.24. The molecule has 0 radical (unpaired) electrons. The van der Waals surface area contributed by atoms with Gasteiger partial charge in [-0.1, -0.05) is 0 Å². The van der Waals surface area contributed by atoms with Crippen LogP contribution in [-0.4, -0.2) is 30.7 Å². The molecule has 0 bridgehead atoms. The van der Waals surface area contributed by atoms with Crippen LogP contribution in [0.15, 0.2) is 0 Å².